The van der Waals surface area contributed by atoms with Crippen molar-refractivity contribution in [2.24, 2.45) is 11.7 Å². The van der Waals surface area contributed by atoms with Gasteiger partial charge in [0, 0.05) is 18.1 Å². The molecule has 0 atom stereocenters. The maximum absolute atomic E-state index is 6.10. The molecule has 2 saturated heterocycles. The van der Waals surface area contributed by atoms with E-state index in [9.17, 15) is 0 Å². The maximum atomic E-state index is 6.10. The second kappa shape index (κ2) is 8.09. The highest BCUT2D eigenvalue weighted by Gasteiger charge is 2.27. The molecule has 0 bridgehead atoms. The number of likely N-dealkylation sites (N-methyl/N-ethyl adjacent to an activating group) is 1. The van der Waals surface area contributed by atoms with Crippen LogP contribution in [0.3, 0.4) is 0 Å². The SMILES string of the molecule is CN1CCC(N2CCC(CCN(C)CC(C)(C)N)CC2)CC1. The van der Waals surface area contributed by atoms with E-state index in [0.29, 0.717) is 0 Å². The first kappa shape index (κ1) is 18.2. The van der Waals surface area contributed by atoms with Gasteiger partial charge in [-0.05, 0) is 98.7 Å². The predicted octanol–water partition coefficient (Wildman–Crippen LogP) is 1.85. The summed E-state index contributed by atoms with van der Waals surface area (Å²) in [5, 5.41) is 0. The zero-order valence-corrected chi connectivity index (χ0v) is 15.4. The molecule has 2 fully saturated rings. The van der Waals surface area contributed by atoms with Crippen LogP contribution in [0.5, 0.6) is 0 Å². The molecule has 2 aliphatic heterocycles. The van der Waals surface area contributed by atoms with Gasteiger partial charge < -0.3 is 20.4 Å². The number of piperidine rings is 2. The molecule has 0 amide bonds. The van der Waals surface area contributed by atoms with E-state index in [-0.39, 0.29) is 5.54 Å². The molecule has 0 spiro atoms. The van der Waals surface area contributed by atoms with Crippen LogP contribution in [0.1, 0.15) is 46.0 Å². The first-order chi connectivity index (χ1) is 10.3. The average molecular weight is 311 g/mol. The van der Waals surface area contributed by atoms with E-state index in [4.69, 9.17) is 5.73 Å². The molecule has 0 saturated carbocycles. The van der Waals surface area contributed by atoms with E-state index >= 15 is 0 Å². The van der Waals surface area contributed by atoms with Crippen molar-refractivity contribution in [2.45, 2.75) is 57.5 Å². The molecule has 2 rings (SSSR count). The van der Waals surface area contributed by atoms with Gasteiger partial charge in [0.05, 0.1) is 0 Å². The molecule has 0 aromatic carbocycles. The number of nitrogens with two attached hydrogens (primary N) is 1. The van der Waals surface area contributed by atoms with Gasteiger partial charge in [-0.25, -0.2) is 0 Å². The van der Waals surface area contributed by atoms with Crippen LogP contribution in [-0.2, 0) is 0 Å². The summed E-state index contributed by atoms with van der Waals surface area (Å²) in [6.45, 7) is 11.6. The fourth-order valence-corrected chi connectivity index (χ4v) is 4.14. The Morgan fingerprint density at radius 3 is 2.18 bits per heavy atom. The zero-order chi connectivity index (χ0) is 16.2. The Morgan fingerprint density at radius 1 is 1.05 bits per heavy atom. The minimum Gasteiger partial charge on any atom is -0.324 e. The summed E-state index contributed by atoms with van der Waals surface area (Å²) in [7, 11) is 4.46. The summed E-state index contributed by atoms with van der Waals surface area (Å²) in [6, 6.07) is 0.859. The highest BCUT2D eigenvalue weighted by Crippen LogP contribution is 2.25. The molecule has 0 unspecified atom stereocenters. The molecule has 22 heavy (non-hydrogen) atoms. The monoisotopic (exact) mass is 310 g/mol. The lowest BCUT2D eigenvalue weighted by Crippen LogP contribution is -2.47. The van der Waals surface area contributed by atoms with E-state index in [1.807, 2.05) is 0 Å². The Hall–Kier alpha value is -0.160. The molecule has 0 radical (unpaired) electrons. The first-order valence-corrected chi connectivity index (χ1v) is 9.23. The van der Waals surface area contributed by atoms with Crippen molar-refractivity contribution in [1.29, 1.82) is 0 Å². The third-order valence-electron chi connectivity index (χ3n) is 5.45. The van der Waals surface area contributed by atoms with Crippen LogP contribution in [0.4, 0.5) is 0 Å². The summed E-state index contributed by atoms with van der Waals surface area (Å²) in [6.07, 6.45) is 6.87. The van der Waals surface area contributed by atoms with Gasteiger partial charge in [0.15, 0.2) is 0 Å². The van der Waals surface area contributed by atoms with Gasteiger partial charge in [0.25, 0.3) is 0 Å². The van der Waals surface area contributed by atoms with Gasteiger partial charge in [0.1, 0.15) is 0 Å². The van der Waals surface area contributed by atoms with Crippen molar-refractivity contribution in [1.82, 2.24) is 14.7 Å². The molecular formula is C18H38N4. The molecule has 2 aliphatic rings. The highest BCUT2D eigenvalue weighted by molar-refractivity contribution is 4.83. The van der Waals surface area contributed by atoms with Gasteiger partial charge in [-0.2, -0.15) is 0 Å². The van der Waals surface area contributed by atoms with Crippen LogP contribution in [0.2, 0.25) is 0 Å². The minimum atomic E-state index is -0.0771. The van der Waals surface area contributed by atoms with Crippen LogP contribution < -0.4 is 5.73 Å². The summed E-state index contributed by atoms with van der Waals surface area (Å²) in [5.41, 5.74) is 6.03. The normalized spacial score (nSPS) is 24.3. The second-order valence-corrected chi connectivity index (χ2v) is 8.53. The average Bonchev–Trinajstić information content (AvgIpc) is 2.45. The third-order valence-corrected chi connectivity index (χ3v) is 5.45. The van der Waals surface area contributed by atoms with Gasteiger partial charge in [-0.1, -0.05) is 0 Å². The number of nitrogens with zero attached hydrogens (tertiary/aromatic N) is 3. The van der Waals surface area contributed by atoms with E-state index in [1.54, 1.807) is 0 Å². The van der Waals surface area contributed by atoms with Crippen molar-refractivity contribution in [2.75, 3.05) is 53.4 Å². The van der Waals surface area contributed by atoms with E-state index in [2.05, 4.69) is 42.6 Å². The van der Waals surface area contributed by atoms with Crippen LogP contribution in [0, 0.1) is 5.92 Å². The summed E-state index contributed by atoms with van der Waals surface area (Å²) >= 11 is 0. The van der Waals surface area contributed by atoms with Gasteiger partial charge in [-0.3, -0.25) is 0 Å². The Morgan fingerprint density at radius 2 is 1.64 bits per heavy atom. The lowest BCUT2D eigenvalue weighted by Gasteiger charge is -2.41. The minimum absolute atomic E-state index is 0.0771. The fourth-order valence-electron chi connectivity index (χ4n) is 4.14. The van der Waals surface area contributed by atoms with Crippen molar-refractivity contribution in [3.8, 4) is 0 Å². The third kappa shape index (κ3) is 6.15. The molecule has 0 aromatic rings. The maximum Gasteiger partial charge on any atom is 0.0225 e. The first-order valence-electron chi connectivity index (χ1n) is 9.23. The Balaban J connectivity index is 1.63. The van der Waals surface area contributed by atoms with Crippen LogP contribution in [0.25, 0.3) is 0 Å². The van der Waals surface area contributed by atoms with Crippen molar-refractivity contribution >= 4 is 0 Å². The van der Waals surface area contributed by atoms with Gasteiger partial charge in [0.2, 0.25) is 0 Å². The fraction of sp³-hybridized carbons (Fsp3) is 1.00. The van der Waals surface area contributed by atoms with Crippen LogP contribution in [0.15, 0.2) is 0 Å². The Kier molecular flexibility index (Phi) is 6.69. The standard InChI is InChI=1S/C18H38N4/c1-18(2,19)15-21(4)10-5-16-6-13-22(14-7-16)17-8-11-20(3)12-9-17/h16-17H,5-15,19H2,1-4H3. The summed E-state index contributed by atoms with van der Waals surface area (Å²) in [5.74, 6) is 0.922. The number of likely N-dealkylation sites (tertiary alicyclic amines) is 2. The number of hydrogen-bond acceptors (Lipinski definition) is 4. The molecule has 0 aliphatic carbocycles. The highest BCUT2D eigenvalue weighted by atomic mass is 15.2. The Bertz CT molecular complexity index is 310. The predicted molar refractivity (Wildman–Crippen MR) is 95.2 cm³/mol. The summed E-state index contributed by atoms with van der Waals surface area (Å²) in [4.78, 5) is 7.65. The molecule has 4 heteroatoms. The largest absolute Gasteiger partial charge is 0.324 e. The van der Waals surface area contributed by atoms with Crippen LogP contribution >= 0.6 is 0 Å². The Labute approximate surface area is 138 Å². The topological polar surface area (TPSA) is 35.7 Å². The van der Waals surface area contributed by atoms with Crippen molar-refractivity contribution < 1.29 is 0 Å². The van der Waals surface area contributed by atoms with E-state index in [1.165, 1.54) is 64.8 Å². The van der Waals surface area contributed by atoms with E-state index in [0.717, 1.165) is 18.5 Å². The van der Waals surface area contributed by atoms with E-state index < -0.39 is 0 Å². The molecule has 0 aromatic heterocycles. The number of rotatable bonds is 6. The molecular weight excluding hydrogens is 272 g/mol. The van der Waals surface area contributed by atoms with Gasteiger partial charge in [-0.15, -0.1) is 0 Å². The molecule has 2 heterocycles. The quantitative estimate of drug-likeness (QED) is 0.812. The molecule has 2 N–H and O–H groups in total. The zero-order valence-electron chi connectivity index (χ0n) is 15.4. The molecule has 130 valence electrons. The lowest BCUT2D eigenvalue weighted by molar-refractivity contribution is 0.0812. The summed E-state index contributed by atoms with van der Waals surface area (Å²) < 4.78 is 0. The second-order valence-electron chi connectivity index (χ2n) is 8.53. The van der Waals surface area contributed by atoms with Crippen molar-refractivity contribution in [3.05, 3.63) is 0 Å². The molecule has 4 nitrogen and oxygen atoms in total. The number of hydrogen-bond donors (Lipinski definition) is 1. The lowest BCUT2D eigenvalue weighted by atomic mass is 9.91. The van der Waals surface area contributed by atoms with Gasteiger partial charge >= 0.3 is 0 Å². The van der Waals surface area contributed by atoms with Crippen LogP contribution in [-0.4, -0.2) is 79.6 Å². The smallest absolute Gasteiger partial charge is 0.0225 e. The van der Waals surface area contributed by atoms with Crippen molar-refractivity contribution in [3.63, 3.8) is 0 Å².